The standard InChI is InChI=1S/C15H18N2O2S/c1-12(7-8-13-5-3-2-4-6-13)17-10-9-16-15(17)20-11-14(18)19/h2-6,9-10,12H,7-8,11H2,1H3,(H,18,19). The van der Waals surface area contributed by atoms with Crippen LogP contribution in [0.2, 0.25) is 0 Å². The van der Waals surface area contributed by atoms with Crippen LogP contribution in [0, 0.1) is 0 Å². The Morgan fingerprint density at radius 3 is 2.85 bits per heavy atom. The monoisotopic (exact) mass is 290 g/mol. The summed E-state index contributed by atoms with van der Waals surface area (Å²) in [6.07, 6.45) is 5.65. The van der Waals surface area contributed by atoms with E-state index in [9.17, 15) is 4.79 Å². The Labute approximate surface area is 122 Å². The molecule has 2 aromatic rings. The van der Waals surface area contributed by atoms with Gasteiger partial charge in [0.1, 0.15) is 0 Å². The predicted octanol–water partition coefficient (Wildman–Crippen LogP) is 3.25. The first-order valence-corrected chi connectivity index (χ1v) is 7.56. The topological polar surface area (TPSA) is 55.1 Å². The van der Waals surface area contributed by atoms with Crippen molar-refractivity contribution in [2.75, 3.05) is 5.75 Å². The van der Waals surface area contributed by atoms with E-state index in [1.54, 1.807) is 6.20 Å². The highest BCUT2D eigenvalue weighted by atomic mass is 32.2. The number of aliphatic carboxylic acids is 1. The van der Waals surface area contributed by atoms with Crippen molar-refractivity contribution < 1.29 is 9.90 Å². The second kappa shape index (κ2) is 7.14. The molecule has 1 atom stereocenters. The highest BCUT2D eigenvalue weighted by Crippen LogP contribution is 2.22. The lowest BCUT2D eigenvalue weighted by Crippen LogP contribution is -2.08. The van der Waals surface area contributed by atoms with Gasteiger partial charge in [0.25, 0.3) is 0 Å². The van der Waals surface area contributed by atoms with Crippen LogP contribution in [0.4, 0.5) is 0 Å². The van der Waals surface area contributed by atoms with E-state index in [1.807, 2.05) is 24.4 Å². The molecule has 5 heteroatoms. The van der Waals surface area contributed by atoms with E-state index in [1.165, 1.54) is 17.3 Å². The normalized spacial score (nSPS) is 12.2. The minimum Gasteiger partial charge on any atom is -0.481 e. The lowest BCUT2D eigenvalue weighted by molar-refractivity contribution is -0.133. The summed E-state index contributed by atoms with van der Waals surface area (Å²) in [6.45, 7) is 2.13. The van der Waals surface area contributed by atoms with Crippen molar-refractivity contribution in [2.24, 2.45) is 0 Å². The number of imidazole rings is 1. The van der Waals surface area contributed by atoms with Crippen LogP contribution in [0.15, 0.2) is 47.9 Å². The summed E-state index contributed by atoms with van der Waals surface area (Å²) in [4.78, 5) is 14.9. The Morgan fingerprint density at radius 1 is 1.40 bits per heavy atom. The molecule has 0 aliphatic rings. The zero-order valence-electron chi connectivity index (χ0n) is 11.4. The average molecular weight is 290 g/mol. The maximum absolute atomic E-state index is 10.6. The summed E-state index contributed by atoms with van der Waals surface area (Å²) in [6, 6.07) is 10.7. The second-order valence-corrected chi connectivity index (χ2v) is 5.62. The van der Waals surface area contributed by atoms with E-state index in [-0.39, 0.29) is 5.75 Å². The van der Waals surface area contributed by atoms with Gasteiger partial charge in [-0.15, -0.1) is 0 Å². The minimum absolute atomic E-state index is 0.0441. The van der Waals surface area contributed by atoms with Crippen LogP contribution in [0.1, 0.15) is 24.9 Å². The molecule has 2 rings (SSSR count). The first-order chi connectivity index (χ1) is 9.66. The molecule has 1 heterocycles. The third kappa shape index (κ3) is 4.13. The van der Waals surface area contributed by atoms with Crippen molar-refractivity contribution in [1.82, 2.24) is 9.55 Å². The molecule has 0 aliphatic heterocycles. The quantitative estimate of drug-likeness (QED) is 0.795. The zero-order valence-corrected chi connectivity index (χ0v) is 12.2. The number of carboxylic acid groups (broad SMARTS) is 1. The molecule has 0 fully saturated rings. The molecule has 0 bridgehead atoms. The maximum atomic E-state index is 10.6. The van der Waals surface area contributed by atoms with Gasteiger partial charge in [-0.05, 0) is 25.3 Å². The first kappa shape index (κ1) is 14.7. The van der Waals surface area contributed by atoms with Gasteiger partial charge in [-0.1, -0.05) is 42.1 Å². The van der Waals surface area contributed by atoms with Gasteiger partial charge in [-0.3, -0.25) is 4.79 Å². The molecule has 0 aliphatic carbocycles. The number of rotatable bonds is 7. The smallest absolute Gasteiger partial charge is 0.313 e. The van der Waals surface area contributed by atoms with Gasteiger partial charge in [-0.2, -0.15) is 0 Å². The fourth-order valence-corrected chi connectivity index (χ4v) is 2.81. The largest absolute Gasteiger partial charge is 0.481 e. The van der Waals surface area contributed by atoms with Gasteiger partial charge in [0.2, 0.25) is 0 Å². The summed E-state index contributed by atoms with van der Waals surface area (Å²) in [7, 11) is 0. The molecule has 1 aromatic carbocycles. The average Bonchev–Trinajstić information content (AvgIpc) is 2.92. The SMILES string of the molecule is CC(CCc1ccccc1)n1ccnc1SCC(=O)O. The number of aromatic nitrogens is 2. The van der Waals surface area contributed by atoms with Crippen molar-refractivity contribution in [3.63, 3.8) is 0 Å². The number of benzene rings is 1. The van der Waals surface area contributed by atoms with Gasteiger partial charge in [0.15, 0.2) is 5.16 Å². The van der Waals surface area contributed by atoms with E-state index in [4.69, 9.17) is 5.11 Å². The Balaban J connectivity index is 1.93. The molecule has 1 unspecified atom stereocenters. The molecule has 0 radical (unpaired) electrons. The Hall–Kier alpha value is -1.75. The summed E-state index contributed by atoms with van der Waals surface area (Å²) in [5.41, 5.74) is 1.32. The second-order valence-electron chi connectivity index (χ2n) is 4.67. The van der Waals surface area contributed by atoms with Crippen molar-refractivity contribution in [2.45, 2.75) is 31.0 Å². The highest BCUT2D eigenvalue weighted by molar-refractivity contribution is 7.99. The van der Waals surface area contributed by atoms with Crippen LogP contribution in [-0.2, 0) is 11.2 Å². The van der Waals surface area contributed by atoms with E-state index < -0.39 is 5.97 Å². The molecule has 1 N–H and O–H groups in total. The molecule has 0 saturated heterocycles. The Morgan fingerprint density at radius 2 is 2.15 bits per heavy atom. The van der Waals surface area contributed by atoms with Gasteiger partial charge >= 0.3 is 5.97 Å². The van der Waals surface area contributed by atoms with E-state index in [0.717, 1.165) is 18.0 Å². The van der Waals surface area contributed by atoms with Crippen molar-refractivity contribution in [3.05, 3.63) is 48.3 Å². The van der Waals surface area contributed by atoms with E-state index in [2.05, 4.69) is 28.6 Å². The minimum atomic E-state index is -0.818. The van der Waals surface area contributed by atoms with Crippen molar-refractivity contribution >= 4 is 17.7 Å². The number of hydrogen-bond acceptors (Lipinski definition) is 3. The molecule has 4 nitrogen and oxygen atoms in total. The zero-order chi connectivity index (χ0) is 14.4. The van der Waals surface area contributed by atoms with Crippen LogP contribution < -0.4 is 0 Å². The number of hydrogen-bond donors (Lipinski definition) is 1. The lowest BCUT2D eigenvalue weighted by Gasteiger charge is -2.15. The summed E-state index contributed by atoms with van der Waals surface area (Å²) < 4.78 is 2.05. The summed E-state index contributed by atoms with van der Waals surface area (Å²) in [5, 5.41) is 9.51. The van der Waals surface area contributed by atoms with E-state index >= 15 is 0 Å². The summed E-state index contributed by atoms with van der Waals surface area (Å²) in [5.74, 6) is -0.774. The fourth-order valence-electron chi connectivity index (χ4n) is 2.03. The fraction of sp³-hybridized carbons (Fsp3) is 0.333. The van der Waals surface area contributed by atoms with Crippen LogP contribution in [0.3, 0.4) is 0 Å². The van der Waals surface area contributed by atoms with Crippen LogP contribution in [0.5, 0.6) is 0 Å². The first-order valence-electron chi connectivity index (χ1n) is 6.58. The summed E-state index contributed by atoms with van der Waals surface area (Å²) >= 11 is 1.26. The molecule has 20 heavy (non-hydrogen) atoms. The van der Waals surface area contributed by atoms with Gasteiger partial charge in [0.05, 0.1) is 5.75 Å². The van der Waals surface area contributed by atoms with Gasteiger partial charge < -0.3 is 9.67 Å². The van der Waals surface area contributed by atoms with Crippen LogP contribution in [0.25, 0.3) is 0 Å². The Bertz CT molecular complexity index is 554. The Kier molecular flexibility index (Phi) is 5.24. The lowest BCUT2D eigenvalue weighted by atomic mass is 10.1. The molecule has 0 amide bonds. The predicted molar refractivity (Wildman–Crippen MR) is 80.1 cm³/mol. The number of carbonyl (C=O) groups is 1. The van der Waals surface area contributed by atoms with E-state index in [0.29, 0.717) is 6.04 Å². The molecular weight excluding hydrogens is 272 g/mol. The third-order valence-electron chi connectivity index (χ3n) is 3.13. The molecule has 1 aromatic heterocycles. The number of thioether (sulfide) groups is 1. The molecule has 106 valence electrons. The van der Waals surface area contributed by atoms with Gasteiger partial charge in [-0.25, -0.2) is 4.98 Å². The molecular formula is C15H18N2O2S. The van der Waals surface area contributed by atoms with Crippen molar-refractivity contribution in [1.29, 1.82) is 0 Å². The highest BCUT2D eigenvalue weighted by Gasteiger charge is 2.11. The molecule has 0 spiro atoms. The van der Waals surface area contributed by atoms with Crippen LogP contribution >= 0.6 is 11.8 Å². The van der Waals surface area contributed by atoms with Crippen molar-refractivity contribution in [3.8, 4) is 0 Å². The van der Waals surface area contributed by atoms with Gasteiger partial charge in [0, 0.05) is 18.4 Å². The molecule has 0 saturated carbocycles. The number of carboxylic acids is 1. The number of nitrogens with zero attached hydrogens (tertiary/aromatic N) is 2. The number of aryl methyl sites for hydroxylation is 1. The van der Waals surface area contributed by atoms with Crippen LogP contribution in [-0.4, -0.2) is 26.4 Å². The third-order valence-corrected chi connectivity index (χ3v) is 4.09. The maximum Gasteiger partial charge on any atom is 0.313 e.